The van der Waals surface area contributed by atoms with Gasteiger partial charge in [0, 0.05) is 10.9 Å². The summed E-state index contributed by atoms with van der Waals surface area (Å²) < 4.78 is 48.3. The van der Waals surface area contributed by atoms with E-state index < -0.39 is 23.2 Å². The number of ether oxygens (including phenoxy) is 1. The van der Waals surface area contributed by atoms with Crippen LogP contribution in [0.3, 0.4) is 0 Å². The maximum atomic E-state index is 15.3. The van der Waals surface area contributed by atoms with E-state index >= 15 is 4.39 Å². The van der Waals surface area contributed by atoms with Gasteiger partial charge in [-0.05, 0) is 66.2 Å². The molecule has 3 aromatic carbocycles. The number of hydrogen-bond acceptors (Lipinski definition) is 1. The second kappa shape index (κ2) is 9.97. The highest BCUT2D eigenvalue weighted by molar-refractivity contribution is 5.89. The summed E-state index contributed by atoms with van der Waals surface area (Å²) in [6.45, 7) is 2.25. The molecule has 1 aliphatic rings. The molecular formula is C28H31F3O. The molecule has 3 aromatic rings. The van der Waals surface area contributed by atoms with Gasteiger partial charge in [0.25, 0.3) is 0 Å². The molecule has 0 radical (unpaired) electrons. The molecule has 1 saturated carbocycles. The zero-order valence-corrected chi connectivity index (χ0v) is 18.9. The van der Waals surface area contributed by atoms with Crippen LogP contribution < -0.4 is 4.74 Å². The van der Waals surface area contributed by atoms with Crippen molar-refractivity contribution < 1.29 is 17.9 Å². The third-order valence-corrected chi connectivity index (χ3v) is 7.03. The van der Waals surface area contributed by atoms with Crippen molar-refractivity contribution in [1.82, 2.24) is 0 Å². The standard InChI is InChI=1S/C28H31F3O/c1-3-4-5-6-18-7-9-19(10-8-18)20-11-13-23-21(15-20)12-14-24(27(23)31)22-16-25(29)28(32-2)26(30)17-22/h11-19H,3-10H2,1-2H3. The molecule has 170 valence electrons. The Bertz CT molecular complexity index is 1060. The molecule has 0 spiro atoms. The Balaban J connectivity index is 1.55. The highest BCUT2D eigenvalue weighted by Gasteiger charge is 2.23. The lowest BCUT2D eigenvalue weighted by Crippen LogP contribution is -2.13. The molecule has 4 rings (SSSR count). The highest BCUT2D eigenvalue weighted by Crippen LogP contribution is 2.39. The first kappa shape index (κ1) is 22.7. The number of hydrogen-bond donors (Lipinski definition) is 0. The molecule has 0 unspecified atom stereocenters. The fourth-order valence-corrected chi connectivity index (χ4v) is 5.17. The van der Waals surface area contributed by atoms with Crippen molar-refractivity contribution in [3.05, 3.63) is 65.5 Å². The average Bonchev–Trinajstić information content (AvgIpc) is 2.79. The largest absolute Gasteiger partial charge is 0.491 e. The summed E-state index contributed by atoms with van der Waals surface area (Å²) in [6, 6.07) is 11.6. The molecule has 0 saturated heterocycles. The summed E-state index contributed by atoms with van der Waals surface area (Å²) in [6.07, 6.45) is 10.2. The van der Waals surface area contributed by atoms with Crippen LogP contribution in [0.4, 0.5) is 13.2 Å². The van der Waals surface area contributed by atoms with Crippen molar-refractivity contribution in [2.24, 2.45) is 5.92 Å². The van der Waals surface area contributed by atoms with Gasteiger partial charge in [0.1, 0.15) is 5.82 Å². The van der Waals surface area contributed by atoms with Gasteiger partial charge in [-0.25, -0.2) is 13.2 Å². The van der Waals surface area contributed by atoms with Crippen LogP contribution in [-0.4, -0.2) is 7.11 Å². The minimum atomic E-state index is -0.845. The first-order chi connectivity index (χ1) is 15.5. The normalized spacial score (nSPS) is 18.8. The first-order valence-electron chi connectivity index (χ1n) is 11.8. The molecule has 32 heavy (non-hydrogen) atoms. The summed E-state index contributed by atoms with van der Waals surface area (Å²) in [5, 5.41) is 1.29. The summed E-state index contributed by atoms with van der Waals surface area (Å²) >= 11 is 0. The van der Waals surface area contributed by atoms with Gasteiger partial charge in [-0.2, -0.15) is 0 Å². The minimum Gasteiger partial charge on any atom is -0.491 e. The lowest BCUT2D eigenvalue weighted by molar-refractivity contribution is 0.303. The van der Waals surface area contributed by atoms with Crippen LogP contribution in [-0.2, 0) is 0 Å². The lowest BCUT2D eigenvalue weighted by Gasteiger charge is -2.29. The molecule has 0 atom stereocenters. The molecule has 0 aromatic heterocycles. The maximum Gasteiger partial charge on any atom is 0.190 e. The third-order valence-electron chi connectivity index (χ3n) is 7.03. The van der Waals surface area contributed by atoms with E-state index in [1.54, 1.807) is 6.07 Å². The molecule has 0 heterocycles. The van der Waals surface area contributed by atoms with E-state index in [0.29, 0.717) is 11.3 Å². The summed E-state index contributed by atoms with van der Waals surface area (Å²) in [7, 11) is 1.20. The zero-order chi connectivity index (χ0) is 22.7. The Morgan fingerprint density at radius 2 is 1.59 bits per heavy atom. The SMILES string of the molecule is CCCCCC1CCC(c2ccc3c(F)c(-c4cc(F)c(OC)c(F)c4)ccc3c2)CC1. The van der Waals surface area contributed by atoms with Crippen molar-refractivity contribution in [2.75, 3.05) is 7.11 Å². The predicted molar refractivity (Wildman–Crippen MR) is 125 cm³/mol. The quantitative estimate of drug-likeness (QED) is 0.334. The molecule has 1 nitrogen and oxygen atoms in total. The lowest BCUT2D eigenvalue weighted by atomic mass is 9.76. The van der Waals surface area contributed by atoms with Crippen LogP contribution in [0.2, 0.25) is 0 Å². The molecule has 0 amide bonds. The smallest absolute Gasteiger partial charge is 0.190 e. The molecule has 1 aliphatic carbocycles. The van der Waals surface area contributed by atoms with Crippen molar-refractivity contribution in [2.45, 2.75) is 64.2 Å². The van der Waals surface area contributed by atoms with Gasteiger partial charge in [0.05, 0.1) is 7.11 Å². The Kier molecular flexibility index (Phi) is 7.07. The number of halogens is 3. The van der Waals surface area contributed by atoms with E-state index in [9.17, 15) is 8.78 Å². The number of unbranched alkanes of at least 4 members (excludes halogenated alkanes) is 2. The number of rotatable bonds is 7. The highest BCUT2D eigenvalue weighted by atomic mass is 19.1. The molecule has 0 N–H and O–H groups in total. The van der Waals surface area contributed by atoms with Crippen LogP contribution in [0.5, 0.6) is 5.75 Å². The van der Waals surface area contributed by atoms with Gasteiger partial charge in [0.15, 0.2) is 17.4 Å². The van der Waals surface area contributed by atoms with Crippen molar-refractivity contribution in [3.8, 4) is 16.9 Å². The van der Waals surface area contributed by atoms with E-state index in [-0.39, 0.29) is 11.1 Å². The van der Waals surface area contributed by atoms with Crippen molar-refractivity contribution >= 4 is 10.8 Å². The molecule has 0 bridgehead atoms. The van der Waals surface area contributed by atoms with Crippen molar-refractivity contribution in [3.63, 3.8) is 0 Å². The Hall–Kier alpha value is -2.49. The van der Waals surface area contributed by atoms with E-state index in [1.807, 2.05) is 18.2 Å². The molecule has 1 fully saturated rings. The predicted octanol–water partition coefficient (Wildman–Crippen LogP) is 8.79. The van der Waals surface area contributed by atoms with Crippen LogP contribution in [0, 0.1) is 23.4 Å². The number of methoxy groups -OCH3 is 1. The fraction of sp³-hybridized carbons (Fsp3) is 0.429. The van der Waals surface area contributed by atoms with Gasteiger partial charge >= 0.3 is 0 Å². The van der Waals surface area contributed by atoms with Crippen LogP contribution in [0.1, 0.15) is 69.8 Å². The van der Waals surface area contributed by atoms with Gasteiger partial charge in [0.2, 0.25) is 0 Å². The van der Waals surface area contributed by atoms with Crippen LogP contribution in [0.15, 0.2) is 42.5 Å². The fourth-order valence-electron chi connectivity index (χ4n) is 5.17. The molecule has 4 heteroatoms. The van der Waals surface area contributed by atoms with Gasteiger partial charge in [-0.15, -0.1) is 0 Å². The average molecular weight is 441 g/mol. The second-order valence-corrected chi connectivity index (χ2v) is 9.09. The summed E-state index contributed by atoms with van der Waals surface area (Å²) in [5.74, 6) is -1.24. The maximum absolute atomic E-state index is 15.3. The van der Waals surface area contributed by atoms with Crippen LogP contribution >= 0.6 is 0 Å². The summed E-state index contributed by atoms with van der Waals surface area (Å²) in [5.41, 5.74) is 1.60. The second-order valence-electron chi connectivity index (χ2n) is 9.09. The Labute approximate surface area is 188 Å². The Morgan fingerprint density at radius 1 is 0.875 bits per heavy atom. The molecule has 0 aliphatic heterocycles. The van der Waals surface area contributed by atoms with E-state index in [1.165, 1.54) is 64.0 Å². The molecular weight excluding hydrogens is 409 g/mol. The third kappa shape index (κ3) is 4.65. The van der Waals surface area contributed by atoms with E-state index in [4.69, 9.17) is 4.74 Å². The zero-order valence-electron chi connectivity index (χ0n) is 18.9. The van der Waals surface area contributed by atoms with Gasteiger partial charge in [-0.1, -0.05) is 62.9 Å². The van der Waals surface area contributed by atoms with E-state index in [2.05, 4.69) is 13.0 Å². The monoisotopic (exact) mass is 440 g/mol. The number of benzene rings is 3. The van der Waals surface area contributed by atoms with E-state index in [0.717, 1.165) is 23.4 Å². The first-order valence-corrected chi connectivity index (χ1v) is 11.8. The van der Waals surface area contributed by atoms with Gasteiger partial charge < -0.3 is 4.74 Å². The topological polar surface area (TPSA) is 9.23 Å². The number of fused-ring (bicyclic) bond motifs is 1. The minimum absolute atomic E-state index is 0.158. The van der Waals surface area contributed by atoms with Crippen molar-refractivity contribution in [1.29, 1.82) is 0 Å². The Morgan fingerprint density at radius 3 is 2.25 bits per heavy atom. The summed E-state index contributed by atoms with van der Waals surface area (Å²) in [4.78, 5) is 0. The van der Waals surface area contributed by atoms with Crippen LogP contribution in [0.25, 0.3) is 21.9 Å². The van der Waals surface area contributed by atoms with Gasteiger partial charge in [-0.3, -0.25) is 0 Å².